The van der Waals surface area contributed by atoms with Gasteiger partial charge < -0.3 is 14.8 Å². The Morgan fingerprint density at radius 3 is 2.96 bits per heavy atom. The molecule has 1 aliphatic heterocycles. The third-order valence-electron chi connectivity index (χ3n) is 4.48. The smallest absolute Gasteiger partial charge is 0.273 e. The molecule has 9 heteroatoms. The van der Waals surface area contributed by atoms with Crippen molar-refractivity contribution in [1.82, 2.24) is 4.90 Å². The van der Waals surface area contributed by atoms with E-state index in [9.17, 15) is 14.9 Å². The number of amides is 1. The standard InChI is InChI=1S/C19H23N3O5S/c1-26-18-10-14(22(24)25)6-7-17(18)20-19(23)13-21(11-15-4-2-8-27-15)12-16-5-3-9-28-16/h3,5-7,9-10,15H,2,4,8,11-13H2,1H3,(H,20,23). The van der Waals surface area contributed by atoms with Crippen LogP contribution in [0.15, 0.2) is 35.7 Å². The number of nitrogens with zero attached hydrogens (tertiary/aromatic N) is 2. The quantitative estimate of drug-likeness (QED) is 0.508. The van der Waals surface area contributed by atoms with Crippen LogP contribution in [0, 0.1) is 10.1 Å². The third-order valence-corrected chi connectivity index (χ3v) is 5.34. The number of hydrogen-bond acceptors (Lipinski definition) is 7. The molecule has 1 unspecified atom stereocenters. The van der Waals surface area contributed by atoms with E-state index in [-0.39, 0.29) is 30.0 Å². The molecule has 1 atom stereocenters. The normalized spacial score (nSPS) is 16.3. The van der Waals surface area contributed by atoms with Gasteiger partial charge in [0.15, 0.2) is 0 Å². The lowest BCUT2D eigenvalue weighted by atomic mass is 10.2. The Kier molecular flexibility index (Phi) is 6.96. The lowest BCUT2D eigenvalue weighted by Crippen LogP contribution is -2.37. The number of nitrogens with one attached hydrogen (secondary N) is 1. The molecule has 0 spiro atoms. The van der Waals surface area contributed by atoms with Gasteiger partial charge in [-0.15, -0.1) is 11.3 Å². The van der Waals surface area contributed by atoms with E-state index in [2.05, 4.69) is 10.2 Å². The molecule has 1 saturated heterocycles. The van der Waals surface area contributed by atoms with Gasteiger partial charge in [-0.05, 0) is 30.4 Å². The van der Waals surface area contributed by atoms with Crippen LogP contribution in [0.5, 0.6) is 5.75 Å². The number of hydrogen-bond donors (Lipinski definition) is 1. The van der Waals surface area contributed by atoms with Gasteiger partial charge in [0.05, 0.1) is 36.4 Å². The van der Waals surface area contributed by atoms with Crippen LogP contribution in [0.4, 0.5) is 11.4 Å². The number of nitro benzene ring substituents is 1. The van der Waals surface area contributed by atoms with Crippen molar-refractivity contribution in [1.29, 1.82) is 0 Å². The zero-order valence-corrected chi connectivity index (χ0v) is 16.4. The Hall–Kier alpha value is -2.49. The number of methoxy groups -OCH3 is 1. The van der Waals surface area contributed by atoms with Gasteiger partial charge in [-0.3, -0.25) is 19.8 Å². The summed E-state index contributed by atoms with van der Waals surface area (Å²) in [5.74, 6) is 0.0492. The van der Waals surface area contributed by atoms with E-state index in [0.717, 1.165) is 19.4 Å². The second-order valence-corrected chi connectivity index (χ2v) is 7.61. The van der Waals surface area contributed by atoms with Crippen molar-refractivity contribution < 1.29 is 19.2 Å². The number of anilines is 1. The summed E-state index contributed by atoms with van der Waals surface area (Å²) < 4.78 is 10.9. The van der Waals surface area contributed by atoms with Gasteiger partial charge in [-0.1, -0.05) is 6.07 Å². The van der Waals surface area contributed by atoms with Crippen LogP contribution in [0.25, 0.3) is 0 Å². The molecule has 2 heterocycles. The van der Waals surface area contributed by atoms with E-state index >= 15 is 0 Å². The van der Waals surface area contributed by atoms with E-state index in [1.165, 1.54) is 30.2 Å². The maximum atomic E-state index is 12.6. The molecule has 2 aromatic rings. The highest BCUT2D eigenvalue weighted by molar-refractivity contribution is 7.09. The summed E-state index contributed by atoms with van der Waals surface area (Å²) in [7, 11) is 1.41. The second kappa shape index (κ2) is 9.63. The first-order valence-electron chi connectivity index (χ1n) is 9.04. The summed E-state index contributed by atoms with van der Waals surface area (Å²) in [6, 6.07) is 8.16. The van der Waals surface area contributed by atoms with Gasteiger partial charge in [0.1, 0.15) is 5.75 Å². The van der Waals surface area contributed by atoms with E-state index in [1.54, 1.807) is 11.3 Å². The maximum Gasteiger partial charge on any atom is 0.273 e. The molecule has 3 rings (SSSR count). The van der Waals surface area contributed by atoms with E-state index in [1.807, 2.05) is 17.5 Å². The van der Waals surface area contributed by atoms with Gasteiger partial charge in [0, 0.05) is 30.6 Å². The first kappa shape index (κ1) is 20.2. The number of thiophene rings is 1. The third kappa shape index (κ3) is 5.51. The largest absolute Gasteiger partial charge is 0.494 e. The minimum Gasteiger partial charge on any atom is -0.494 e. The van der Waals surface area contributed by atoms with Gasteiger partial charge in [-0.2, -0.15) is 0 Å². The molecular weight excluding hydrogens is 382 g/mol. The Morgan fingerprint density at radius 1 is 1.46 bits per heavy atom. The van der Waals surface area contributed by atoms with Crippen molar-refractivity contribution in [2.45, 2.75) is 25.5 Å². The molecule has 28 heavy (non-hydrogen) atoms. The maximum absolute atomic E-state index is 12.6. The summed E-state index contributed by atoms with van der Waals surface area (Å²) >= 11 is 1.65. The van der Waals surface area contributed by atoms with Gasteiger partial charge in [0.2, 0.25) is 5.91 Å². The monoisotopic (exact) mass is 405 g/mol. The molecule has 1 aromatic heterocycles. The van der Waals surface area contributed by atoms with Gasteiger partial charge >= 0.3 is 0 Å². The minimum atomic E-state index is -0.502. The number of carbonyl (C=O) groups excluding carboxylic acids is 1. The first-order chi connectivity index (χ1) is 13.5. The Morgan fingerprint density at radius 2 is 2.32 bits per heavy atom. The van der Waals surface area contributed by atoms with Crippen molar-refractivity contribution >= 4 is 28.6 Å². The zero-order valence-electron chi connectivity index (χ0n) is 15.6. The highest BCUT2D eigenvalue weighted by atomic mass is 32.1. The fourth-order valence-electron chi connectivity index (χ4n) is 3.17. The molecule has 1 aromatic carbocycles. The number of nitro groups is 1. The molecule has 1 aliphatic rings. The van der Waals surface area contributed by atoms with Crippen molar-refractivity contribution in [2.75, 3.05) is 32.1 Å². The number of ether oxygens (including phenoxy) is 2. The molecule has 0 bridgehead atoms. The molecule has 8 nitrogen and oxygen atoms in total. The Labute approximate surface area is 167 Å². The van der Waals surface area contributed by atoms with Crippen LogP contribution in [0.3, 0.4) is 0 Å². The van der Waals surface area contributed by atoms with Crippen molar-refractivity contribution in [3.05, 3.63) is 50.7 Å². The van der Waals surface area contributed by atoms with Crippen LogP contribution in [-0.4, -0.2) is 48.6 Å². The van der Waals surface area contributed by atoms with Crippen LogP contribution >= 0.6 is 11.3 Å². The summed E-state index contributed by atoms with van der Waals surface area (Å²) in [5.41, 5.74) is 0.318. The Balaban J connectivity index is 1.66. The van der Waals surface area contributed by atoms with Crippen LogP contribution in [-0.2, 0) is 16.1 Å². The van der Waals surface area contributed by atoms with E-state index in [0.29, 0.717) is 18.8 Å². The molecule has 1 fully saturated rings. The summed E-state index contributed by atoms with van der Waals surface area (Å²) in [6.45, 7) is 2.31. The number of rotatable bonds is 9. The van der Waals surface area contributed by atoms with Gasteiger partial charge in [-0.25, -0.2) is 0 Å². The highest BCUT2D eigenvalue weighted by Gasteiger charge is 2.22. The fraction of sp³-hybridized carbons (Fsp3) is 0.421. The lowest BCUT2D eigenvalue weighted by Gasteiger charge is -2.24. The molecule has 0 saturated carbocycles. The van der Waals surface area contributed by atoms with E-state index < -0.39 is 4.92 Å². The predicted octanol–water partition coefficient (Wildman–Crippen LogP) is 3.28. The summed E-state index contributed by atoms with van der Waals surface area (Å²) in [5, 5.41) is 15.7. The molecule has 1 N–H and O–H groups in total. The molecule has 0 aliphatic carbocycles. The highest BCUT2D eigenvalue weighted by Crippen LogP contribution is 2.29. The molecule has 150 valence electrons. The van der Waals surface area contributed by atoms with Crippen LogP contribution in [0.2, 0.25) is 0 Å². The summed E-state index contributed by atoms with van der Waals surface area (Å²) in [4.78, 5) is 26.3. The number of benzene rings is 1. The number of carbonyl (C=O) groups is 1. The van der Waals surface area contributed by atoms with E-state index in [4.69, 9.17) is 9.47 Å². The molecule has 0 radical (unpaired) electrons. The topological polar surface area (TPSA) is 93.9 Å². The summed E-state index contributed by atoms with van der Waals surface area (Å²) in [6.07, 6.45) is 2.18. The van der Waals surface area contributed by atoms with Crippen molar-refractivity contribution in [3.63, 3.8) is 0 Å². The van der Waals surface area contributed by atoms with Gasteiger partial charge in [0.25, 0.3) is 5.69 Å². The van der Waals surface area contributed by atoms with Crippen molar-refractivity contribution in [2.24, 2.45) is 0 Å². The van der Waals surface area contributed by atoms with Crippen LogP contribution in [0.1, 0.15) is 17.7 Å². The predicted molar refractivity (Wildman–Crippen MR) is 107 cm³/mol. The lowest BCUT2D eigenvalue weighted by molar-refractivity contribution is -0.384. The average Bonchev–Trinajstić information content (AvgIpc) is 3.36. The van der Waals surface area contributed by atoms with Crippen LogP contribution < -0.4 is 10.1 Å². The molecular formula is C19H23N3O5S. The average molecular weight is 405 g/mol. The Bertz CT molecular complexity index is 806. The number of non-ortho nitro benzene ring substituents is 1. The zero-order chi connectivity index (χ0) is 19.9. The second-order valence-electron chi connectivity index (χ2n) is 6.57. The first-order valence-corrected chi connectivity index (χ1v) is 9.91. The van der Waals surface area contributed by atoms with Crippen molar-refractivity contribution in [3.8, 4) is 5.75 Å². The molecule has 1 amide bonds. The SMILES string of the molecule is COc1cc([N+](=O)[O-])ccc1NC(=O)CN(Cc1cccs1)CC1CCCO1. The minimum absolute atomic E-state index is 0.0902. The fourth-order valence-corrected chi connectivity index (χ4v) is 3.92.